The minimum Gasteiger partial charge on any atom is -0.494 e. The van der Waals surface area contributed by atoms with Gasteiger partial charge in [0.15, 0.2) is 0 Å². The second-order valence-electron chi connectivity index (χ2n) is 4.58. The third-order valence-electron chi connectivity index (χ3n) is 2.85. The minimum absolute atomic E-state index is 0.00825. The van der Waals surface area contributed by atoms with E-state index >= 15 is 0 Å². The molecule has 0 aliphatic carbocycles. The van der Waals surface area contributed by atoms with Crippen molar-refractivity contribution >= 4 is 5.91 Å². The van der Waals surface area contributed by atoms with Crippen LogP contribution in [0.4, 0.5) is 0 Å². The molecule has 0 radical (unpaired) electrons. The van der Waals surface area contributed by atoms with Crippen molar-refractivity contribution in [3.8, 4) is 5.75 Å². The van der Waals surface area contributed by atoms with Crippen molar-refractivity contribution in [3.63, 3.8) is 0 Å². The summed E-state index contributed by atoms with van der Waals surface area (Å²) in [6.45, 7) is 3.01. The Morgan fingerprint density at radius 3 is 2.85 bits per heavy atom. The first-order valence-corrected chi connectivity index (χ1v) is 6.68. The van der Waals surface area contributed by atoms with Crippen LogP contribution in [0.1, 0.15) is 24.2 Å². The molecule has 20 heavy (non-hydrogen) atoms. The Balaban J connectivity index is 1.58. The van der Waals surface area contributed by atoms with E-state index in [1.165, 1.54) is 5.56 Å². The van der Waals surface area contributed by atoms with Crippen LogP contribution < -0.4 is 10.1 Å². The summed E-state index contributed by atoms with van der Waals surface area (Å²) in [6, 6.07) is 7.88. The normalized spacial score (nSPS) is 10.2. The van der Waals surface area contributed by atoms with Crippen molar-refractivity contribution in [2.24, 2.45) is 0 Å². The van der Waals surface area contributed by atoms with Gasteiger partial charge in [-0.05, 0) is 25.5 Å². The SMILES string of the molecule is Cc1ccc(OCCCC(=O)NCc2ncc[nH]2)cc1. The number of amides is 1. The number of carbonyl (C=O) groups excluding carboxylic acids is 1. The number of hydrogen-bond donors (Lipinski definition) is 2. The molecule has 106 valence electrons. The zero-order chi connectivity index (χ0) is 14.2. The number of aryl methyl sites for hydroxylation is 1. The van der Waals surface area contributed by atoms with E-state index in [9.17, 15) is 4.79 Å². The number of nitrogens with one attached hydrogen (secondary N) is 2. The summed E-state index contributed by atoms with van der Waals surface area (Å²) < 4.78 is 5.56. The van der Waals surface area contributed by atoms with E-state index in [4.69, 9.17) is 4.74 Å². The molecular weight excluding hydrogens is 254 g/mol. The first-order chi connectivity index (χ1) is 9.74. The molecule has 2 rings (SSSR count). The summed E-state index contributed by atoms with van der Waals surface area (Å²) in [5, 5.41) is 2.80. The molecule has 1 heterocycles. The van der Waals surface area contributed by atoms with Crippen molar-refractivity contribution in [2.75, 3.05) is 6.61 Å². The van der Waals surface area contributed by atoms with Gasteiger partial charge in [-0.3, -0.25) is 4.79 Å². The number of benzene rings is 1. The molecule has 1 amide bonds. The monoisotopic (exact) mass is 273 g/mol. The van der Waals surface area contributed by atoms with Gasteiger partial charge in [0.2, 0.25) is 5.91 Å². The van der Waals surface area contributed by atoms with E-state index in [0.717, 1.165) is 11.6 Å². The summed E-state index contributed by atoms with van der Waals surface area (Å²) in [7, 11) is 0. The second-order valence-corrected chi connectivity index (χ2v) is 4.58. The van der Waals surface area contributed by atoms with Gasteiger partial charge in [0, 0.05) is 18.8 Å². The molecule has 0 saturated carbocycles. The zero-order valence-corrected chi connectivity index (χ0v) is 11.6. The Hall–Kier alpha value is -2.30. The van der Waals surface area contributed by atoms with E-state index in [0.29, 0.717) is 26.0 Å². The lowest BCUT2D eigenvalue weighted by atomic mass is 10.2. The number of rotatable bonds is 7. The fourth-order valence-electron chi connectivity index (χ4n) is 1.72. The number of hydrogen-bond acceptors (Lipinski definition) is 3. The Morgan fingerprint density at radius 2 is 2.15 bits per heavy atom. The maximum atomic E-state index is 11.6. The molecule has 2 N–H and O–H groups in total. The molecule has 5 heteroatoms. The van der Waals surface area contributed by atoms with E-state index in [2.05, 4.69) is 15.3 Å². The van der Waals surface area contributed by atoms with E-state index in [1.54, 1.807) is 12.4 Å². The molecule has 1 aromatic heterocycles. The number of imidazole rings is 1. The molecule has 0 aliphatic rings. The molecule has 1 aromatic carbocycles. The van der Waals surface area contributed by atoms with E-state index in [-0.39, 0.29) is 5.91 Å². The van der Waals surface area contributed by atoms with Gasteiger partial charge in [-0.1, -0.05) is 17.7 Å². The highest BCUT2D eigenvalue weighted by Gasteiger charge is 2.02. The summed E-state index contributed by atoms with van der Waals surface area (Å²) in [5.74, 6) is 1.61. The van der Waals surface area contributed by atoms with Crippen LogP contribution in [0.25, 0.3) is 0 Å². The highest BCUT2D eigenvalue weighted by molar-refractivity contribution is 5.75. The second kappa shape index (κ2) is 7.33. The van der Waals surface area contributed by atoms with Gasteiger partial charge in [-0.2, -0.15) is 0 Å². The fraction of sp³-hybridized carbons (Fsp3) is 0.333. The Morgan fingerprint density at radius 1 is 1.35 bits per heavy atom. The Kier molecular flexibility index (Phi) is 5.17. The van der Waals surface area contributed by atoms with E-state index in [1.807, 2.05) is 31.2 Å². The molecule has 0 fully saturated rings. The van der Waals surface area contributed by atoms with Crippen molar-refractivity contribution in [1.29, 1.82) is 0 Å². The maximum absolute atomic E-state index is 11.6. The third kappa shape index (κ3) is 4.76. The van der Waals surface area contributed by atoms with Crippen molar-refractivity contribution in [1.82, 2.24) is 15.3 Å². The topological polar surface area (TPSA) is 67.0 Å². The van der Waals surface area contributed by atoms with Gasteiger partial charge in [0.25, 0.3) is 0 Å². The van der Waals surface area contributed by atoms with Crippen LogP contribution in [0.5, 0.6) is 5.75 Å². The lowest BCUT2D eigenvalue weighted by molar-refractivity contribution is -0.121. The summed E-state index contributed by atoms with van der Waals surface area (Å²) in [5.41, 5.74) is 1.20. The largest absolute Gasteiger partial charge is 0.494 e. The van der Waals surface area contributed by atoms with Gasteiger partial charge < -0.3 is 15.0 Å². The standard InChI is InChI=1S/C15H19N3O2/c1-12-4-6-13(7-5-12)20-10-2-3-15(19)18-11-14-16-8-9-17-14/h4-9H,2-3,10-11H2,1H3,(H,16,17)(H,18,19). The average Bonchev–Trinajstić information content (AvgIpc) is 2.96. The van der Waals surface area contributed by atoms with Gasteiger partial charge in [-0.15, -0.1) is 0 Å². The molecular formula is C15H19N3O2. The molecule has 2 aromatic rings. The van der Waals surface area contributed by atoms with Crippen LogP contribution in [0.15, 0.2) is 36.7 Å². The van der Waals surface area contributed by atoms with Crippen molar-refractivity contribution in [3.05, 3.63) is 48.0 Å². The smallest absolute Gasteiger partial charge is 0.220 e. The van der Waals surface area contributed by atoms with Crippen molar-refractivity contribution in [2.45, 2.75) is 26.3 Å². The minimum atomic E-state index is 0.00825. The number of carbonyl (C=O) groups is 1. The molecule has 0 bridgehead atoms. The Labute approximate surface area is 118 Å². The number of H-pyrrole nitrogens is 1. The third-order valence-corrected chi connectivity index (χ3v) is 2.85. The number of ether oxygens (including phenoxy) is 1. The first kappa shape index (κ1) is 14.1. The predicted octanol–water partition coefficient (Wildman–Crippen LogP) is 2.19. The fourth-order valence-corrected chi connectivity index (χ4v) is 1.72. The molecule has 5 nitrogen and oxygen atoms in total. The molecule has 0 atom stereocenters. The summed E-state index contributed by atoms with van der Waals surface area (Å²) >= 11 is 0. The van der Waals surface area contributed by atoms with Crippen LogP contribution in [0.2, 0.25) is 0 Å². The van der Waals surface area contributed by atoms with Crippen LogP contribution >= 0.6 is 0 Å². The summed E-state index contributed by atoms with van der Waals surface area (Å²) in [4.78, 5) is 18.6. The van der Waals surface area contributed by atoms with Gasteiger partial charge in [-0.25, -0.2) is 4.98 Å². The van der Waals surface area contributed by atoms with Crippen LogP contribution in [-0.2, 0) is 11.3 Å². The highest BCUT2D eigenvalue weighted by atomic mass is 16.5. The molecule has 0 aliphatic heterocycles. The van der Waals surface area contributed by atoms with Gasteiger partial charge >= 0.3 is 0 Å². The molecule has 0 saturated heterocycles. The lowest BCUT2D eigenvalue weighted by Crippen LogP contribution is -2.23. The van der Waals surface area contributed by atoms with Crippen LogP contribution in [0.3, 0.4) is 0 Å². The number of aromatic amines is 1. The van der Waals surface area contributed by atoms with Crippen LogP contribution in [0, 0.1) is 6.92 Å². The molecule has 0 spiro atoms. The number of nitrogens with zero attached hydrogens (tertiary/aromatic N) is 1. The first-order valence-electron chi connectivity index (χ1n) is 6.68. The highest BCUT2D eigenvalue weighted by Crippen LogP contribution is 2.11. The van der Waals surface area contributed by atoms with E-state index < -0.39 is 0 Å². The quantitative estimate of drug-likeness (QED) is 0.760. The average molecular weight is 273 g/mol. The summed E-state index contributed by atoms with van der Waals surface area (Å²) in [6.07, 6.45) is 4.54. The molecule has 0 unspecified atom stereocenters. The maximum Gasteiger partial charge on any atom is 0.220 e. The van der Waals surface area contributed by atoms with Crippen molar-refractivity contribution < 1.29 is 9.53 Å². The van der Waals surface area contributed by atoms with Gasteiger partial charge in [0.05, 0.1) is 13.2 Å². The van der Waals surface area contributed by atoms with Gasteiger partial charge in [0.1, 0.15) is 11.6 Å². The van der Waals surface area contributed by atoms with Crippen LogP contribution in [-0.4, -0.2) is 22.5 Å². The number of aromatic nitrogens is 2. The Bertz CT molecular complexity index is 521. The lowest BCUT2D eigenvalue weighted by Gasteiger charge is -2.06. The predicted molar refractivity (Wildman–Crippen MR) is 76.3 cm³/mol. The zero-order valence-electron chi connectivity index (χ0n) is 11.6.